The lowest BCUT2D eigenvalue weighted by molar-refractivity contribution is 0.827. The van der Waals surface area contributed by atoms with E-state index in [1.54, 1.807) is 0 Å². The van der Waals surface area contributed by atoms with E-state index >= 15 is 0 Å². The molecule has 0 fully saturated rings. The topological polar surface area (TPSA) is 28.2 Å². The minimum absolute atomic E-state index is 0.0146. The fourth-order valence-corrected chi connectivity index (χ4v) is 4.98. The molecule has 1 aromatic heterocycles. The molecule has 3 aromatic carbocycles. The van der Waals surface area contributed by atoms with Gasteiger partial charge in [0.2, 0.25) is 0 Å². The van der Waals surface area contributed by atoms with Crippen LogP contribution in [0.2, 0.25) is 0 Å². The summed E-state index contributed by atoms with van der Waals surface area (Å²) in [4.78, 5) is 7.22. The number of hydrogen-bond acceptors (Lipinski definition) is 3. The molecule has 1 N–H and O–H groups in total. The number of anilines is 3. The van der Waals surface area contributed by atoms with Crippen LogP contribution in [0.15, 0.2) is 83.5 Å². The molecular weight excluding hydrogens is 434 g/mol. The van der Waals surface area contributed by atoms with E-state index in [1.807, 2.05) is 12.3 Å². The quantitative estimate of drug-likeness (QED) is 0.347. The Hall–Kier alpha value is -3.11. The fraction of sp³-hybridized carbons (Fsp3) is 0.115. The van der Waals surface area contributed by atoms with Gasteiger partial charge in [-0.15, -0.1) is 0 Å². The van der Waals surface area contributed by atoms with Gasteiger partial charge < -0.3 is 10.2 Å². The molecule has 4 aromatic rings. The van der Waals surface area contributed by atoms with Crippen molar-refractivity contribution < 1.29 is 0 Å². The van der Waals surface area contributed by atoms with Crippen LogP contribution in [-0.4, -0.2) is 4.98 Å². The first-order valence-electron chi connectivity index (χ1n) is 10.3. The van der Waals surface area contributed by atoms with E-state index in [1.165, 1.54) is 39.1 Å². The molecule has 2 aliphatic rings. The van der Waals surface area contributed by atoms with E-state index < -0.39 is 0 Å². The van der Waals surface area contributed by atoms with Crippen LogP contribution in [0.3, 0.4) is 0 Å². The first-order valence-corrected chi connectivity index (χ1v) is 11.1. The lowest BCUT2D eigenvalue weighted by Crippen LogP contribution is -2.23. The van der Waals surface area contributed by atoms with E-state index in [0.717, 1.165) is 22.8 Å². The number of benzene rings is 3. The summed E-state index contributed by atoms with van der Waals surface area (Å²) in [5.74, 6) is 0. The minimum atomic E-state index is 0.0146. The van der Waals surface area contributed by atoms with E-state index in [-0.39, 0.29) is 6.17 Å². The monoisotopic (exact) mass is 453 g/mol. The molecule has 0 spiro atoms. The largest absolute Gasteiger partial charge is 0.359 e. The van der Waals surface area contributed by atoms with Gasteiger partial charge in [0.1, 0.15) is 6.17 Å². The predicted molar refractivity (Wildman–Crippen MR) is 128 cm³/mol. The maximum atomic E-state index is 4.78. The highest BCUT2D eigenvalue weighted by atomic mass is 79.9. The summed E-state index contributed by atoms with van der Waals surface area (Å²) in [6.45, 7) is 0. The average molecular weight is 454 g/mol. The Morgan fingerprint density at radius 2 is 1.80 bits per heavy atom. The van der Waals surface area contributed by atoms with Gasteiger partial charge in [-0.25, -0.2) is 0 Å². The summed E-state index contributed by atoms with van der Waals surface area (Å²) in [5, 5.41) is 5.05. The summed E-state index contributed by atoms with van der Waals surface area (Å²) < 4.78 is 1.09. The van der Waals surface area contributed by atoms with Gasteiger partial charge in [0.15, 0.2) is 0 Å². The molecule has 0 amide bonds. The van der Waals surface area contributed by atoms with Crippen molar-refractivity contribution in [3.8, 4) is 0 Å². The van der Waals surface area contributed by atoms with Crippen molar-refractivity contribution in [1.29, 1.82) is 0 Å². The number of nitrogens with zero attached hydrogens (tertiary/aromatic N) is 2. The van der Waals surface area contributed by atoms with Crippen LogP contribution in [0.1, 0.15) is 29.3 Å². The second-order valence-electron chi connectivity index (χ2n) is 7.76. The smallest absolute Gasteiger partial charge is 0.130 e. The molecule has 1 aliphatic heterocycles. The standard InChI is InChI=1S/C26H20BrN3/c27-18-14-12-17(13-15-18)26-29-24-22-11-6-16-28-23(22)20-9-4-5-10-21(20)25(24)30(26)19-7-2-1-3-8-19/h1-3,5-8,10-16,26,29H,4,9H2. The van der Waals surface area contributed by atoms with Gasteiger partial charge >= 0.3 is 0 Å². The summed E-state index contributed by atoms with van der Waals surface area (Å²) in [5.41, 5.74) is 8.59. The number of hydrogen-bond donors (Lipinski definition) is 1. The van der Waals surface area contributed by atoms with Crippen molar-refractivity contribution in [2.24, 2.45) is 0 Å². The van der Waals surface area contributed by atoms with Crippen LogP contribution in [0, 0.1) is 0 Å². The summed E-state index contributed by atoms with van der Waals surface area (Å²) in [6.07, 6.45) is 8.58. The average Bonchev–Trinajstić information content (AvgIpc) is 3.21. The lowest BCUT2D eigenvalue weighted by atomic mass is 9.91. The van der Waals surface area contributed by atoms with E-state index in [9.17, 15) is 0 Å². The highest BCUT2D eigenvalue weighted by Crippen LogP contribution is 2.53. The number of aromatic nitrogens is 1. The zero-order chi connectivity index (χ0) is 20.1. The van der Waals surface area contributed by atoms with Gasteiger partial charge in [-0.2, -0.15) is 0 Å². The maximum absolute atomic E-state index is 4.78. The summed E-state index contributed by atoms with van der Waals surface area (Å²) in [6, 6.07) is 23.5. The van der Waals surface area contributed by atoms with Crippen molar-refractivity contribution in [3.63, 3.8) is 0 Å². The SMILES string of the molecule is Brc1ccc(C2Nc3c(c4c(c5ncccc35)CCC=C4)N2c2ccccc2)cc1. The second-order valence-corrected chi connectivity index (χ2v) is 8.68. The number of allylic oxidation sites excluding steroid dienone is 1. The van der Waals surface area contributed by atoms with Gasteiger partial charge in [-0.1, -0.05) is 58.4 Å². The minimum Gasteiger partial charge on any atom is -0.359 e. The van der Waals surface area contributed by atoms with Gasteiger partial charge in [0.25, 0.3) is 0 Å². The Morgan fingerprint density at radius 3 is 2.63 bits per heavy atom. The fourth-order valence-electron chi connectivity index (χ4n) is 4.71. The van der Waals surface area contributed by atoms with Gasteiger partial charge in [-0.05, 0) is 60.4 Å². The van der Waals surface area contributed by atoms with E-state index in [2.05, 4.69) is 99.0 Å². The molecule has 1 atom stereocenters. The van der Waals surface area contributed by atoms with Gasteiger partial charge in [0.05, 0.1) is 16.9 Å². The lowest BCUT2D eigenvalue weighted by Gasteiger charge is -2.29. The van der Waals surface area contributed by atoms with Crippen LogP contribution in [-0.2, 0) is 6.42 Å². The van der Waals surface area contributed by atoms with E-state index in [0.29, 0.717) is 0 Å². The first kappa shape index (κ1) is 17.7. The summed E-state index contributed by atoms with van der Waals surface area (Å²) >= 11 is 3.57. The third-order valence-electron chi connectivity index (χ3n) is 6.03. The highest BCUT2D eigenvalue weighted by Gasteiger charge is 2.36. The Morgan fingerprint density at radius 1 is 0.967 bits per heavy atom. The Labute approximate surface area is 184 Å². The molecule has 0 bridgehead atoms. The predicted octanol–water partition coefficient (Wildman–Crippen LogP) is 7.22. The first-order chi connectivity index (χ1) is 14.8. The van der Waals surface area contributed by atoms with Crippen LogP contribution in [0.25, 0.3) is 17.0 Å². The zero-order valence-electron chi connectivity index (χ0n) is 16.3. The van der Waals surface area contributed by atoms with Crippen molar-refractivity contribution >= 4 is 50.0 Å². The number of rotatable bonds is 2. The molecule has 6 rings (SSSR count). The number of para-hydroxylation sites is 1. The second kappa shape index (κ2) is 6.99. The van der Waals surface area contributed by atoms with Crippen molar-refractivity contribution in [2.45, 2.75) is 19.0 Å². The summed E-state index contributed by atoms with van der Waals surface area (Å²) in [7, 11) is 0. The third-order valence-corrected chi connectivity index (χ3v) is 6.55. The number of halogens is 1. The van der Waals surface area contributed by atoms with Crippen LogP contribution in [0.4, 0.5) is 17.1 Å². The van der Waals surface area contributed by atoms with Gasteiger partial charge in [-0.3, -0.25) is 4.98 Å². The molecule has 30 heavy (non-hydrogen) atoms. The van der Waals surface area contributed by atoms with Crippen molar-refractivity contribution in [2.75, 3.05) is 10.2 Å². The Balaban J connectivity index is 1.66. The van der Waals surface area contributed by atoms with Crippen LogP contribution in [0.5, 0.6) is 0 Å². The molecule has 2 heterocycles. The molecular formula is C26H20BrN3. The Bertz CT molecular complexity index is 1280. The molecule has 0 radical (unpaired) electrons. The molecule has 0 saturated heterocycles. The zero-order valence-corrected chi connectivity index (χ0v) is 17.9. The number of pyridine rings is 1. The molecule has 3 nitrogen and oxygen atoms in total. The number of nitrogens with one attached hydrogen (secondary N) is 1. The van der Waals surface area contributed by atoms with Crippen LogP contribution >= 0.6 is 15.9 Å². The molecule has 146 valence electrons. The normalized spacial score (nSPS) is 17.0. The van der Waals surface area contributed by atoms with E-state index in [4.69, 9.17) is 4.98 Å². The Kier molecular flexibility index (Phi) is 4.13. The highest BCUT2D eigenvalue weighted by molar-refractivity contribution is 9.10. The van der Waals surface area contributed by atoms with Crippen LogP contribution < -0.4 is 10.2 Å². The third kappa shape index (κ3) is 2.67. The van der Waals surface area contributed by atoms with Crippen molar-refractivity contribution in [1.82, 2.24) is 4.98 Å². The molecule has 1 aliphatic carbocycles. The number of aryl methyl sites for hydroxylation is 1. The molecule has 0 saturated carbocycles. The number of fused-ring (bicyclic) bond motifs is 6. The van der Waals surface area contributed by atoms with Gasteiger partial charge in [0, 0.05) is 27.3 Å². The molecule has 4 heteroatoms. The van der Waals surface area contributed by atoms with Crippen molar-refractivity contribution in [3.05, 3.63) is 100 Å². The molecule has 1 unspecified atom stereocenters. The maximum Gasteiger partial charge on any atom is 0.130 e.